The molecule has 0 atom stereocenters. The van der Waals surface area contributed by atoms with Crippen LogP contribution in [0.2, 0.25) is 5.02 Å². The van der Waals surface area contributed by atoms with Crippen molar-refractivity contribution in [1.29, 1.82) is 0 Å². The lowest BCUT2D eigenvalue weighted by Crippen LogP contribution is -2.20. The summed E-state index contributed by atoms with van der Waals surface area (Å²) in [4.78, 5) is 12.5. The van der Waals surface area contributed by atoms with Gasteiger partial charge < -0.3 is 9.47 Å². The van der Waals surface area contributed by atoms with Crippen LogP contribution >= 0.6 is 23.4 Å². The molecule has 35 heavy (non-hydrogen) atoms. The monoisotopic (exact) mass is 507 g/mol. The van der Waals surface area contributed by atoms with Crippen LogP contribution in [0.1, 0.15) is 5.56 Å². The van der Waals surface area contributed by atoms with Gasteiger partial charge in [0.15, 0.2) is 11.0 Å². The van der Waals surface area contributed by atoms with E-state index < -0.39 is 0 Å². The zero-order valence-electron chi connectivity index (χ0n) is 19.0. The molecule has 0 radical (unpaired) electrons. The van der Waals surface area contributed by atoms with Crippen LogP contribution in [0.4, 0.5) is 0 Å². The molecule has 1 heterocycles. The Balaban J connectivity index is 1.49. The van der Waals surface area contributed by atoms with E-state index in [2.05, 4.69) is 20.7 Å². The fourth-order valence-electron chi connectivity index (χ4n) is 3.24. The van der Waals surface area contributed by atoms with Crippen molar-refractivity contribution in [3.8, 4) is 28.6 Å². The second-order valence-electron chi connectivity index (χ2n) is 7.17. The molecule has 4 aromatic rings. The number of benzene rings is 3. The maximum atomic E-state index is 12.5. The predicted molar refractivity (Wildman–Crippen MR) is 138 cm³/mol. The molecule has 178 valence electrons. The Morgan fingerprint density at radius 3 is 2.54 bits per heavy atom. The molecule has 4 rings (SSSR count). The summed E-state index contributed by atoms with van der Waals surface area (Å²) in [5.74, 6) is 1.74. The molecule has 0 saturated carbocycles. The van der Waals surface area contributed by atoms with E-state index >= 15 is 0 Å². The number of carbonyl (C=O) groups excluding carboxylic acids is 1. The summed E-state index contributed by atoms with van der Waals surface area (Å²) in [6.07, 6.45) is 1.51. The first-order valence-corrected chi connectivity index (χ1v) is 11.9. The first kappa shape index (κ1) is 24.3. The molecular weight excluding hydrogens is 486 g/mol. The van der Waals surface area contributed by atoms with E-state index in [-0.39, 0.29) is 11.7 Å². The molecule has 0 fully saturated rings. The highest BCUT2D eigenvalue weighted by molar-refractivity contribution is 7.99. The van der Waals surface area contributed by atoms with E-state index in [1.54, 1.807) is 44.6 Å². The van der Waals surface area contributed by atoms with Gasteiger partial charge in [-0.1, -0.05) is 53.7 Å². The molecule has 1 amide bonds. The Labute approximate surface area is 211 Å². The molecular formula is C25H22ClN5O3S. The van der Waals surface area contributed by atoms with Crippen LogP contribution < -0.4 is 14.9 Å². The molecule has 3 aromatic carbocycles. The summed E-state index contributed by atoms with van der Waals surface area (Å²) in [6.45, 7) is 0. The third-order valence-electron chi connectivity index (χ3n) is 4.91. The Morgan fingerprint density at radius 1 is 1.06 bits per heavy atom. The lowest BCUT2D eigenvalue weighted by Gasteiger charge is -2.10. The molecule has 0 aliphatic heterocycles. The van der Waals surface area contributed by atoms with Crippen LogP contribution in [0.25, 0.3) is 17.1 Å². The molecule has 0 bridgehead atoms. The molecule has 0 spiro atoms. The van der Waals surface area contributed by atoms with Gasteiger partial charge >= 0.3 is 0 Å². The Kier molecular flexibility index (Phi) is 8.02. The normalized spacial score (nSPS) is 10.9. The minimum atomic E-state index is -0.292. The van der Waals surface area contributed by atoms with E-state index in [1.165, 1.54) is 18.0 Å². The Morgan fingerprint density at radius 2 is 1.83 bits per heavy atom. The van der Waals surface area contributed by atoms with Crippen molar-refractivity contribution in [1.82, 2.24) is 20.2 Å². The van der Waals surface area contributed by atoms with Crippen molar-refractivity contribution in [3.05, 3.63) is 83.4 Å². The van der Waals surface area contributed by atoms with Gasteiger partial charge in [-0.2, -0.15) is 5.10 Å². The average molecular weight is 508 g/mol. The Hall–Kier alpha value is -3.82. The van der Waals surface area contributed by atoms with Crippen LogP contribution in [0, 0.1) is 0 Å². The van der Waals surface area contributed by atoms with Gasteiger partial charge in [-0.05, 0) is 42.5 Å². The van der Waals surface area contributed by atoms with Crippen LogP contribution in [-0.4, -0.2) is 46.9 Å². The van der Waals surface area contributed by atoms with Crippen molar-refractivity contribution in [2.24, 2.45) is 5.10 Å². The number of carbonyl (C=O) groups is 1. The molecule has 0 aliphatic rings. The second-order valence-corrected chi connectivity index (χ2v) is 8.55. The maximum absolute atomic E-state index is 12.5. The van der Waals surface area contributed by atoms with Crippen molar-refractivity contribution < 1.29 is 14.3 Å². The molecule has 8 nitrogen and oxygen atoms in total. The van der Waals surface area contributed by atoms with E-state index in [9.17, 15) is 4.79 Å². The summed E-state index contributed by atoms with van der Waals surface area (Å²) < 4.78 is 12.4. The van der Waals surface area contributed by atoms with E-state index in [0.717, 1.165) is 11.3 Å². The van der Waals surface area contributed by atoms with Gasteiger partial charge in [0.1, 0.15) is 11.5 Å². The zero-order valence-corrected chi connectivity index (χ0v) is 20.6. The molecule has 0 saturated heterocycles. The quantitative estimate of drug-likeness (QED) is 0.198. The van der Waals surface area contributed by atoms with Crippen LogP contribution in [0.5, 0.6) is 11.5 Å². The SMILES string of the molecule is COc1ccc(OC)c(/C=N/NC(=O)CSc2nnc(-c3ccccc3)n2-c2ccc(Cl)cc2)c1. The van der Waals surface area contributed by atoms with Gasteiger partial charge in [0.2, 0.25) is 0 Å². The average Bonchev–Trinajstić information content (AvgIpc) is 3.32. The highest BCUT2D eigenvalue weighted by Gasteiger charge is 2.17. The number of halogens is 1. The standard InChI is InChI=1S/C25H22ClN5O3S/c1-33-21-12-13-22(34-2)18(14-21)15-27-28-23(32)16-35-25-30-29-24(17-6-4-3-5-7-17)31(25)20-10-8-19(26)9-11-20/h3-15H,16H2,1-2H3,(H,28,32)/b27-15+. The number of nitrogens with zero attached hydrogens (tertiary/aromatic N) is 4. The fraction of sp³-hybridized carbons (Fsp3) is 0.120. The molecule has 10 heteroatoms. The van der Waals surface area contributed by atoms with Crippen molar-refractivity contribution >= 4 is 35.5 Å². The predicted octanol–water partition coefficient (Wildman–Crippen LogP) is 4.85. The number of hydrazone groups is 1. The number of rotatable bonds is 9. The lowest BCUT2D eigenvalue weighted by atomic mass is 10.2. The number of hydrogen-bond acceptors (Lipinski definition) is 7. The number of hydrogen-bond donors (Lipinski definition) is 1. The molecule has 1 aromatic heterocycles. The van der Waals surface area contributed by atoms with Gasteiger partial charge in [-0.25, -0.2) is 5.43 Å². The minimum Gasteiger partial charge on any atom is -0.497 e. The van der Waals surface area contributed by atoms with Gasteiger partial charge in [0.05, 0.1) is 26.2 Å². The van der Waals surface area contributed by atoms with Gasteiger partial charge in [-0.3, -0.25) is 9.36 Å². The number of methoxy groups -OCH3 is 2. The topological polar surface area (TPSA) is 90.6 Å². The summed E-state index contributed by atoms with van der Waals surface area (Å²) in [5.41, 5.74) is 4.95. The summed E-state index contributed by atoms with van der Waals surface area (Å²) >= 11 is 7.33. The van der Waals surface area contributed by atoms with Crippen LogP contribution in [0.15, 0.2) is 83.1 Å². The summed E-state index contributed by atoms with van der Waals surface area (Å²) in [6, 6.07) is 22.4. The Bertz CT molecular complexity index is 1330. The van der Waals surface area contributed by atoms with Gasteiger partial charge in [0, 0.05) is 21.8 Å². The van der Waals surface area contributed by atoms with Crippen LogP contribution in [-0.2, 0) is 4.79 Å². The van der Waals surface area contributed by atoms with E-state index in [1.807, 2.05) is 47.0 Å². The number of thioether (sulfide) groups is 1. The highest BCUT2D eigenvalue weighted by Crippen LogP contribution is 2.28. The minimum absolute atomic E-state index is 0.0904. The number of nitrogens with one attached hydrogen (secondary N) is 1. The molecule has 0 unspecified atom stereocenters. The van der Waals surface area contributed by atoms with Crippen molar-refractivity contribution in [2.45, 2.75) is 5.16 Å². The first-order chi connectivity index (χ1) is 17.1. The fourth-order valence-corrected chi connectivity index (χ4v) is 4.11. The zero-order chi connectivity index (χ0) is 24.6. The molecule has 1 N–H and O–H groups in total. The lowest BCUT2D eigenvalue weighted by molar-refractivity contribution is -0.118. The smallest absolute Gasteiger partial charge is 0.250 e. The number of ether oxygens (including phenoxy) is 2. The molecule has 0 aliphatic carbocycles. The van der Waals surface area contributed by atoms with E-state index in [0.29, 0.717) is 33.1 Å². The third-order valence-corrected chi connectivity index (χ3v) is 6.09. The maximum Gasteiger partial charge on any atom is 0.250 e. The first-order valence-electron chi connectivity index (χ1n) is 10.5. The van der Waals surface area contributed by atoms with Crippen molar-refractivity contribution in [3.63, 3.8) is 0 Å². The van der Waals surface area contributed by atoms with Gasteiger partial charge in [0.25, 0.3) is 5.91 Å². The van der Waals surface area contributed by atoms with E-state index in [4.69, 9.17) is 21.1 Å². The summed E-state index contributed by atoms with van der Waals surface area (Å²) in [5, 5.41) is 13.9. The van der Waals surface area contributed by atoms with Crippen LogP contribution in [0.3, 0.4) is 0 Å². The second kappa shape index (κ2) is 11.5. The third kappa shape index (κ3) is 6.00. The number of amides is 1. The van der Waals surface area contributed by atoms with Gasteiger partial charge in [-0.15, -0.1) is 10.2 Å². The number of aromatic nitrogens is 3. The van der Waals surface area contributed by atoms with Crippen molar-refractivity contribution in [2.75, 3.05) is 20.0 Å². The summed E-state index contributed by atoms with van der Waals surface area (Å²) in [7, 11) is 3.14. The largest absolute Gasteiger partial charge is 0.497 e. The highest BCUT2D eigenvalue weighted by atomic mass is 35.5.